The molecule has 0 spiro atoms. The van der Waals surface area contributed by atoms with Crippen LogP contribution in [0, 0.1) is 0 Å². The van der Waals surface area contributed by atoms with Crippen LogP contribution in [0.4, 0.5) is 8.78 Å². The van der Waals surface area contributed by atoms with E-state index in [1.54, 1.807) is 4.68 Å². The molecule has 0 saturated carbocycles. The lowest BCUT2D eigenvalue weighted by molar-refractivity contribution is 0.0957. The maximum Gasteiger partial charge on any atom is 0.282 e. The first kappa shape index (κ1) is 11.2. The molecule has 16 heavy (non-hydrogen) atoms. The number of hydrogen-bond donors (Lipinski definition) is 0. The van der Waals surface area contributed by atoms with Crippen LogP contribution in [0.3, 0.4) is 0 Å². The number of alkyl halides is 2. The monoisotopic (exact) mass is 228 g/mol. The van der Waals surface area contributed by atoms with Crippen LogP contribution in [-0.4, -0.2) is 15.6 Å². The van der Waals surface area contributed by atoms with Gasteiger partial charge in [0.05, 0.1) is 11.3 Å². The van der Waals surface area contributed by atoms with Crippen LogP contribution < -0.4 is 0 Å². The van der Waals surface area contributed by atoms with Crippen LogP contribution in [0.1, 0.15) is 60.9 Å². The molecule has 88 valence electrons. The lowest BCUT2D eigenvalue weighted by atomic mass is 9.94. The largest absolute Gasteiger partial charge is 0.294 e. The number of carbonyl (C=O) groups excluding carboxylic acids is 1. The van der Waals surface area contributed by atoms with E-state index in [0.29, 0.717) is 18.5 Å². The van der Waals surface area contributed by atoms with Crippen LogP contribution in [-0.2, 0) is 6.42 Å². The van der Waals surface area contributed by atoms with Crippen molar-refractivity contribution in [1.29, 1.82) is 0 Å². The number of rotatable bonds is 2. The second-order valence-electron chi connectivity index (χ2n) is 4.32. The summed E-state index contributed by atoms with van der Waals surface area (Å²) in [6, 6.07) is 0.00662. The van der Waals surface area contributed by atoms with Crippen molar-refractivity contribution in [2.24, 2.45) is 0 Å². The fraction of sp³-hybridized carbons (Fsp3) is 0.636. The Bertz CT molecular complexity index is 424. The molecular weight excluding hydrogens is 214 g/mol. The number of ketones is 1. The maximum atomic E-state index is 12.8. The lowest BCUT2D eigenvalue weighted by Gasteiger charge is -2.15. The van der Waals surface area contributed by atoms with Gasteiger partial charge in [0.15, 0.2) is 5.78 Å². The summed E-state index contributed by atoms with van der Waals surface area (Å²) in [5.41, 5.74) is 0.518. The highest BCUT2D eigenvalue weighted by atomic mass is 19.3. The topological polar surface area (TPSA) is 34.9 Å². The summed E-state index contributed by atoms with van der Waals surface area (Å²) in [6.07, 6.45) is -0.918. The minimum absolute atomic E-state index is 0.00662. The highest BCUT2D eigenvalue weighted by molar-refractivity contribution is 5.99. The van der Waals surface area contributed by atoms with Gasteiger partial charge in [-0.25, -0.2) is 8.78 Å². The summed E-state index contributed by atoms with van der Waals surface area (Å²) in [5.74, 6) is -0.191. The molecular formula is C11H14F2N2O. The predicted molar refractivity (Wildman–Crippen MR) is 54.8 cm³/mol. The molecule has 1 heterocycles. The normalized spacial score (nSPS) is 16.0. The van der Waals surface area contributed by atoms with Crippen LogP contribution in [0.5, 0.6) is 0 Å². The molecule has 3 nitrogen and oxygen atoms in total. The van der Waals surface area contributed by atoms with Crippen LogP contribution in [0.15, 0.2) is 0 Å². The molecule has 5 heteroatoms. The van der Waals surface area contributed by atoms with E-state index in [9.17, 15) is 13.6 Å². The Morgan fingerprint density at radius 2 is 2.00 bits per heavy atom. The van der Waals surface area contributed by atoms with E-state index in [2.05, 4.69) is 5.10 Å². The first-order chi connectivity index (χ1) is 7.52. The van der Waals surface area contributed by atoms with Crippen molar-refractivity contribution in [1.82, 2.24) is 9.78 Å². The highest BCUT2D eigenvalue weighted by Crippen LogP contribution is 2.31. The molecule has 0 radical (unpaired) electrons. The molecule has 0 unspecified atom stereocenters. The van der Waals surface area contributed by atoms with Gasteiger partial charge in [-0.05, 0) is 26.7 Å². The van der Waals surface area contributed by atoms with Gasteiger partial charge in [0.25, 0.3) is 6.43 Å². The zero-order chi connectivity index (χ0) is 11.9. The zero-order valence-corrected chi connectivity index (χ0v) is 9.33. The third-order valence-corrected chi connectivity index (χ3v) is 2.83. The molecule has 2 rings (SSSR count). The minimum Gasteiger partial charge on any atom is -0.294 e. The van der Waals surface area contributed by atoms with Gasteiger partial charge in [-0.2, -0.15) is 5.10 Å². The van der Waals surface area contributed by atoms with Gasteiger partial charge in [0.2, 0.25) is 0 Å². The van der Waals surface area contributed by atoms with Gasteiger partial charge in [0, 0.05) is 12.5 Å². The second kappa shape index (κ2) is 3.96. The zero-order valence-electron chi connectivity index (χ0n) is 9.33. The Kier molecular flexibility index (Phi) is 2.78. The standard InChI is InChI=1S/C11H14F2N2O/c1-6(2)15-7-4-3-5-8(16)9(7)10(14-15)11(12)13/h6,11H,3-5H2,1-2H3. The van der Waals surface area contributed by atoms with Gasteiger partial charge >= 0.3 is 0 Å². The minimum atomic E-state index is -2.67. The number of halogens is 2. The summed E-state index contributed by atoms with van der Waals surface area (Å²) in [5, 5.41) is 3.89. The molecule has 0 fully saturated rings. The molecule has 0 aromatic carbocycles. The Labute approximate surface area is 92.4 Å². The van der Waals surface area contributed by atoms with Crippen molar-refractivity contribution in [3.05, 3.63) is 17.0 Å². The SMILES string of the molecule is CC(C)n1nc(C(F)F)c2c1CCCC2=O. The molecule has 1 aromatic heterocycles. The summed E-state index contributed by atoms with van der Waals surface area (Å²) in [4.78, 5) is 11.7. The van der Waals surface area contributed by atoms with E-state index in [4.69, 9.17) is 0 Å². The maximum absolute atomic E-state index is 12.8. The van der Waals surface area contributed by atoms with Gasteiger partial charge in [-0.15, -0.1) is 0 Å². The van der Waals surface area contributed by atoms with E-state index in [0.717, 1.165) is 6.42 Å². The molecule has 1 aliphatic carbocycles. The van der Waals surface area contributed by atoms with Crippen molar-refractivity contribution in [2.45, 2.75) is 45.6 Å². The highest BCUT2D eigenvalue weighted by Gasteiger charge is 2.31. The fourth-order valence-corrected chi connectivity index (χ4v) is 2.15. The third-order valence-electron chi connectivity index (χ3n) is 2.83. The smallest absolute Gasteiger partial charge is 0.282 e. The number of aromatic nitrogens is 2. The van der Waals surface area contributed by atoms with Gasteiger partial charge in [-0.3, -0.25) is 9.48 Å². The molecule has 0 aliphatic heterocycles. The third kappa shape index (κ3) is 1.64. The van der Waals surface area contributed by atoms with Crippen LogP contribution in [0.25, 0.3) is 0 Å². The number of hydrogen-bond acceptors (Lipinski definition) is 2. The molecule has 1 aliphatic rings. The first-order valence-electron chi connectivity index (χ1n) is 5.45. The quantitative estimate of drug-likeness (QED) is 0.780. The van der Waals surface area contributed by atoms with E-state index < -0.39 is 6.43 Å². The first-order valence-corrected chi connectivity index (χ1v) is 5.45. The number of fused-ring (bicyclic) bond motifs is 1. The average Bonchev–Trinajstić information content (AvgIpc) is 2.58. The van der Waals surface area contributed by atoms with E-state index in [1.807, 2.05) is 13.8 Å². The van der Waals surface area contributed by atoms with E-state index >= 15 is 0 Å². The lowest BCUT2D eigenvalue weighted by Crippen LogP contribution is -2.15. The van der Waals surface area contributed by atoms with Gasteiger partial charge in [0.1, 0.15) is 5.69 Å². The van der Waals surface area contributed by atoms with Crippen molar-refractivity contribution < 1.29 is 13.6 Å². The van der Waals surface area contributed by atoms with Crippen molar-refractivity contribution in [3.63, 3.8) is 0 Å². The van der Waals surface area contributed by atoms with Crippen LogP contribution in [0.2, 0.25) is 0 Å². The molecule has 0 atom stereocenters. The number of carbonyl (C=O) groups is 1. The van der Waals surface area contributed by atoms with Crippen LogP contribution >= 0.6 is 0 Å². The molecule has 1 aromatic rings. The van der Waals surface area contributed by atoms with Gasteiger partial charge in [-0.1, -0.05) is 0 Å². The molecule has 0 amide bonds. The second-order valence-corrected chi connectivity index (χ2v) is 4.32. The molecule has 0 N–H and O–H groups in total. The number of nitrogens with zero attached hydrogens (tertiary/aromatic N) is 2. The predicted octanol–water partition coefficient (Wildman–Crippen LogP) is 2.92. The van der Waals surface area contributed by atoms with Crippen molar-refractivity contribution in [2.75, 3.05) is 0 Å². The summed E-state index contributed by atoms with van der Waals surface area (Å²) in [6.45, 7) is 3.75. The molecule has 0 saturated heterocycles. The Morgan fingerprint density at radius 1 is 1.31 bits per heavy atom. The number of Topliss-reactive ketones (excluding diaryl/α,β-unsaturated/α-hetero) is 1. The summed E-state index contributed by atoms with van der Waals surface area (Å²) >= 11 is 0. The Balaban J connectivity index is 2.60. The van der Waals surface area contributed by atoms with Gasteiger partial charge < -0.3 is 0 Å². The molecule has 0 bridgehead atoms. The van der Waals surface area contributed by atoms with Crippen molar-refractivity contribution in [3.8, 4) is 0 Å². The summed E-state index contributed by atoms with van der Waals surface area (Å²) < 4.78 is 27.1. The van der Waals surface area contributed by atoms with Crippen molar-refractivity contribution >= 4 is 5.78 Å². The van der Waals surface area contributed by atoms with E-state index in [1.165, 1.54) is 0 Å². The average molecular weight is 228 g/mol. The summed E-state index contributed by atoms with van der Waals surface area (Å²) in [7, 11) is 0. The van der Waals surface area contributed by atoms with E-state index in [-0.39, 0.29) is 23.1 Å². The fourth-order valence-electron chi connectivity index (χ4n) is 2.15. The Morgan fingerprint density at radius 3 is 2.56 bits per heavy atom. The Hall–Kier alpha value is -1.26.